The zero-order valence-corrected chi connectivity index (χ0v) is 12.9. The summed E-state index contributed by atoms with van der Waals surface area (Å²) in [4.78, 5) is 34.5. The number of nitrogens with zero attached hydrogens (tertiary/aromatic N) is 2. The number of thiocarbonyl (C=S) groups is 1. The first kappa shape index (κ1) is 15.6. The average Bonchev–Trinajstić information content (AvgIpc) is 2.81. The lowest BCUT2D eigenvalue weighted by molar-refractivity contribution is -0.384. The molecule has 3 rings (SSSR count). The second-order valence-corrected chi connectivity index (χ2v) is 5.27. The summed E-state index contributed by atoms with van der Waals surface area (Å²) in [6.07, 6.45) is 0. The monoisotopic (exact) mass is 342 g/mol. The Morgan fingerprint density at radius 3 is 2.04 bits per heavy atom. The van der Waals surface area contributed by atoms with Crippen molar-refractivity contribution in [1.29, 1.82) is 0 Å². The number of anilines is 1. The van der Waals surface area contributed by atoms with Gasteiger partial charge in [-0.2, -0.15) is 5.01 Å². The lowest BCUT2D eigenvalue weighted by Gasteiger charge is -2.17. The minimum atomic E-state index is -0.515. The van der Waals surface area contributed by atoms with Crippen molar-refractivity contribution in [3.63, 3.8) is 0 Å². The van der Waals surface area contributed by atoms with Crippen LogP contribution in [0.25, 0.3) is 0 Å². The van der Waals surface area contributed by atoms with E-state index in [-0.39, 0.29) is 10.8 Å². The summed E-state index contributed by atoms with van der Waals surface area (Å²) >= 11 is 5.07. The van der Waals surface area contributed by atoms with Crippen molar-refractivity contribution in [3.8, 4) is 0 Å². The van der Waals surface area contributed by atoms with Crippen molar-refractivity contribution in [2.75, 3.05) is 5.32 Å². The van der Waals surface area contributed by atoms with Crippen molar-refractivity contribution in [1.82, 2.24) is 10.4 Å². The number of carbonyl (C=O) groups excluding carboxylic acids is 2. The topological polar surface area (TPSA) is 105 Å². The molecule has 0 saturated carbocycles. The second-order valence-electron chi connectivity index (χ2n) is 4.86. The van der Waals surface area contributed by atoms with Gasteiger partial charge in [0.05, 0.1) is 16.1 Å². The van der Waals surface area contributed by atoms with Crippen LogP contribution >= 0.6 is 12.2 Å². The van der Waals surface area contributed by atoms with Crippen molar-refractivity contribution < 1.29 is 14.5 Å². The molecule has 8 nitrogen and oxygen atoms in total. The third-order valence-electron chi connectivity index (χ3n) is 3.34. The van der Waals surface area contributed by atoms with Crippen LogP contribution in [0.4, 0.5) is 11.4 Å². The number of non-ortho nitro benzene ring substituents is 1. The van der Waals surface area contributed by atoms with Crippen LogP contribution in [-0.4, -0.2) is 26.9 Å². The number of carbonyl (C=O) groups is 2. The smallest absolute Gasteiger partial charge is 0.280 e. The Balaban J connectivity index is 1.69. The molecule has 9 heteroatoms. The van der Waals surface area contributed by atoms with Gasteiger partial charge in [-0.05, 0) is 36.5 Å². The molecule has 2 N–H and O–H groups in total. The Morgan fingerprint density at radius 2 is 1.54 bits per heavy atom. The molecule has 1 heterocycles. The summed E-state index contributed by atoms with van der Waals surface area (Å²) in [6, 6.07) is 12.0. The van der Waals surface area contributed by atoms with Gasteiger partial charge in [0.25, 0.3) is 17.5 Å². The standard InChI is InChI=1S/C15H10N4O4S/c20-13-11-3-1-2-4-12(11)14(21)18(13)17-15(24)16-9-5-7-10(8-6-9)19(22)23/h1-8H,(H2,16,17,24). The molecule has 0 spiro atoms. The molecule has 0 aromatic heterocycles. The van der Waals surface area contributed by atoms with Gasteiger partial charge in [0.15, 0.2) is 5.11 Å². The van der Waals surface area contributed by atoms with Crippen LogP contribution in [0, 0.1) is 10.1 Å². The molecular weight excluding hydrogens is 332 g/mol. The Bertz CT molecular complexity index is 831. The van der Waals surface area contributed by atoms with E-state index in [1.54, 1.807) is 24.3 Å². The third kappa shape index (κ3) is 2.79. The highest BCUT2D eigenvalue weighted by Crippen LogP contribution is 2.21. The quantitative estimate of drug-likeness (QED) is 0.381. The Hall–Kier alpha value is -3.33. The van der Waals surface area contributed by atoms with Crippen LogP contribution in [0.15, 0.2) is 48.5 Å². The van der Waals surface area contributed by atoms with Crippen molar-refractivity contribution in [3.05, 3.63) is 69.8 Å². The van der Waals surface area contributed by atoms with Crippen LogP contribution in [0.1, 0.15) is 20.7 Å². The normalized spacial score (nSPS) is 12.8. The van der Waals surface area contributed by atoms with E-state index in [1.165, 1.54) is 24.3 Å². The zero-order valence-electron chi connectivity index (χ0n) is 12.1. The van der Waals surface area contributed by atoms with Crippen LogP contribution in [0.2, 0.25) is 0 Å². The van der Waals surface area contributed by atoms with E-state index >= 15 is 0 Å². The fourth-order valence-electron chi connectivity index (χ4n) is 2.22. The first-order chi connectivity index (χ1) is 11.5. The highest BCUT2D eigenvalue weighted by Gasteiger charge is 2.35. The van der Waals surface area contributed by atoms with E-state index in [1.807, 2.05) is 0 Å². The summed E-state index contributed by atoms with van der Waals surface area (Å²) in [5, 5.41) is 14.2. The summed E-state index contributed by atoms with van der Waals surface area (Å²) in [6.45, 7) is 0. The molecular formula is C15H10N4O4S. The minimum absolute atomic E-state index is 0.0124. The van der Waals surface area contributed by atoms with Crippen molar-refractivity contribution in [2.24, 2.45) is 0 Å². The number of hydrogen-bond acceptors (Lipinski definition) is 5. The molecule has 2 aromatic carbocycles. The predicted molar refractivity (Wildman–Crippen MR) is 89.4 cm³/mol. The van der Waals surface area contributed by atoms with E-state index in [0.29, 0.717) is 16.8 Å². The second kappa shape index (κ2) is 6.05. The number of hydrogen-bond donors (Lipinski definition) is 2. The number of rotatable bonds is 3. The molecule has 0 bridgehead atoms. The predicted octanol–water partition coefficient (Wildman–Crippen LogP) is 2.09. The number of nitro benzene ring substituents is 1. The first-order valence-electron chi connectivity index (χ1n) is 6.77. The van der Waals surface area contributed by atoms with E-state index in [2.05, 4.69) is 10.7 Å². The summed E-state index contributed by atoms with van der Waals surface area (Å²) in [5.41, 5.74) is 3.56. The molecule has 1 aliphatic rings. The molecule has 1 aliphatic heterocycles. The summed E-state index contributed by atoms with van der Waals surface area (Å²) in [7, 11) is 0. The average molecular weight is 342 g/mol. The largest absolute Gasteiger partial charge is 0.331 e. The number of fused-ring (bicyclic) bond motifs is 1. The zero-order chi connectivity index (χ0) is 17.3. The highest BCUT2D eigenvalue weighted by atomic mass is 32.1. The van der Waals surface area contributed by atoms with Gasteiger partial charge in [-0.25, -0.2) is 0 Å². The number of nitro groups is 1. The lowest BCUT2D eigenvalue weighted by atomic mass is 10.1. The van der Waals surface area contributed by atoms with Gasteiger partial charge in [-0.15, -0.1) is 0 Å². The molecule has 0 unspecified atom stereocenters. The third-order valence-corrected chi connectivity index (χ3v) is 3.54. The Morgan fingerprint density at radius 1 is 1.00 bits per heavy atom. The molecule has 0 aliphatic carbocycles. The molecule has 2 amide bonds. The number of hydrazine groups is 1. The van der Waals surface area contributed by atoms with Gasteiger partial charge in [-0.3, -0.25) is 25.1 Å². The highest BCUT2D eigenvalue weighted by molar-refractivity contribution is 7.80. The fourth-order valence-corrected chi connectivity index (χ4v) is 2.43. The molecule has 2 aromatic rings. The molecule has 24 heavy (non-hydrogen) atoms. The molecule has 0 fully saturated rings. The van der Waals surface area contributed by atoms with E-state index in [4.69, 9.17) is 12.2 Å². The maximum Gasteiger partial charge on any atom is 0.280 e. The fraction of sp³-hybridized carbons (Fsp3) is 0. The molecule has 120 valence electrons. The van der Waals surface area contributed by atoms with Crippen LogP contribution in [-0.2, 0) is 0 Å². The Kier molecular flexibility index (Phi) is 3.92. The van der Waals surface area contributed by atoms with Gasteiger partial charge in [0.1, 0.15) is 0 Å². The minimum Gasteiger partial charge on any atom is -0.331 e. The van der Waals surface area contributed by atoms with Crippen LogP contribution in [0.5, 0.6) is 0 Å². The Labute approximate surface area is 141 Å². The van der Waals surface area contributed by atoms with Crippen LogP contribution < -0.4 is 10.7 Å². The lowest BCUT2D eigenvalue weighted by Crippen LogP contribution is -2.47. The number of benzene rings is 2. The van der Waals surface area contributed by atoms with Gasteiger partial charge in [-0.1, -0.05) is 12.1 Å². The first-order valence-corrected chi connectivity index (χ1v) is 7.18. The van der Waals surface area contributed by atoms with Crippen molar-refractivity contribution >= 4 is 40.5 Å². The van der Waals surface area contributed by atoms with E-state index in [0.717, 1.165) is 5.01 Å². The van der Waals surface area contributed by atoms with E-state index in [9.17, 15) is 19.7 Å². The molecule has 0 radical (unpaired) electrons. The summed E-state index contributed by atoms with van der Waals surface area (Å²) < 4.78 is 0. The molecule has 0 atom stereocenters. The maximum absolute atomic E-state index is 12.2. The van der Waals surface area contributed by atoms with Crippen molar-refractivity contribution in [2.45, 2.75) is 0 Å². The van der Waals surface area contributed by atoms with Gasteiger partial charge < -0.3 is 5.32 Å². The van der Waals surface area contributed by atoms with E-state index < -0.39 is 16.7 Å². The summed E-state index contributed by atoms with van der Waals surface area (Å²) in [5.74, 6) is -0.994. The number of imide groups is 1. The number of nitrogens with one attached hydrogen (secondary N) is 2. The SMILES string of the molecule is O=C1c2ccccc2C(=O)N1NC(=S)Nc1ccc([N+](=O)[O-])cc1. The van der Waals surface area contributed by atoms with Crippen LogP contribution in [0.3, 0.4) is 0 Å². The molecule has 0 saturated heterocycles. The number of amides is 2. The van der Waals surface area contributed by atoms with Gasteiger partial charge in [0, 0.05) is 17.8 Å². The van der Waals surface area contributed by atoms with Gasteiger partial charge in [0.2, 0.25) is 0 Å². The van der Waals surface area contributed by atoms with Gasteiger partial charge >= 0.3 is 0 Å². The maximum atomic E-state index is 12.2.